The second kappa shape index (κ2) is 8.42. The van der Waals surface area contributed by atoms with Crippen molar-refractivity contribution in [2.75, 3.05) is 25.3 Å². The number of carbonyl (C=O) groups is 1. The van der Waals surface area contributed by atoms with E-state index in [9.17, 15) is 4.79 Å². The summed E-state index contributed by atoms with van der Waals surface area (Å²) < 4.78 is 11.7. The van der Waals surface area contributed by atoms with Crippen molar-refractivity contribution in [1.29, 1.82) is 0 Å². The Balaban J connectivity index is 2.03. The van der Waals surface area contributed by atoms with Crippen LogP contribution < -0.4 is 10.6 Å². The summed E-state index contributed by atoms with van der Waals surface area (Å²) in [6.07, 6.45) is 1.85. The van der Waals surface area contributed by atoms with Gasteiger partial charge in [-0.15, -0.1) is 10.2 Å². The number of nitrogens with zero attached hydrogens (tertiary/aromatic N) is 3. The van der Waals surface area contributed by atoms with E-state index >= 15 is 0 Å². The van der Waals surface area contributed by atoms with Crippen LogP contribution in [0.15, 0.2) is 29.4 Å². The highest BCUT2D eigenvalue weighted by molar-refractivity contribution is 7.99. The van der Waals surface area contributed by atoms with Gasteiger partial charge in [-0.2, -0.15) is 0 Å². The molecule has 1 aromatic carbocycles. The fraction of sp³-hybridized carbons (Fsp3) is 0.400. The molecule has 0 saturated carbocycles. The fourth-order valence-corrected chi connectivity index (χ4v) is 2.54. The highest BCUT2D eigenvalue weighted by Gasteiger charge is 2.16. The number of ether oxygens (including phenoxy) is 2. The predicted molar refractivity (Wildman–Crippen MR) is 88.8 cm³/mol. The summed E-state index contributed by atoms with van der Waals surface area (Å²) in [6, 6.07) is 7.40. The van der Waals surface area contributed by atoms with Crippen LogP contribution in [-0.4, -0.2) is 40.3 Å². The van der Waals surface area contributed by atoms with Gasteiger partial charge in [-0.25, -0.2) is 4.68 Å². The van der Waals surface area contributed by atoms with Crippen molar-refractivity contribution in [3.63, 3.8) is 0 Å². The first-order valence-electron chi connectivity index (χ1n) is 7.29. The molecule has 0 spiro atoms. The van der Waals surface area contributed by atoms with E-state index < -0.39 is 0 Å². The summed E-state index contributed by atoms with van der Waals surface area (Å²) in [7, 11) is 1.58. The molecule has 0 unspecified atom stereocenters. The normalized spacial score (nSPS) is 10.5. The third kappa shape index (κ3) is 4.38. The van der Waals surface area contributed by atoms with Gasteiger partial charge in [0.1, 0.15) is 5.75 Å². The molecule has 0 radical (unpaired) electrons. The Morgan fingerprint density at radius 3 is 2.87 bits per heavy atom. The number of unbranched alkanes of at least 4 members (excludes halogenated alkanes) is 1. The topological polar surface area (TPSA) is 92.3 Å². The van der Waals surface area contributed by atoms with Gasteiger partial charge in [-0.3, -0.25) is 4.79 Å². The highest BCUT2D eigenvalue weighted by atomic mass is 32.2. The van der Waals surface area contributed by atoms with Gasteiger partial charge in [-0.1, -0.05) is 37.2 Å². The molecular formula is C15H20N4O3S. The first kappa shape index (κ1) is 17.1. The van der Waals surface area contributed by atoms with Gasteiger partial charge < -0.3 is 15.3 Å². The van der Waals surface area contributed by atoms with Crippen molar-refractivity contribution in [2.24, 2.45) is 0 Å². The second-order valence-electron chi connectivity index (χ2n) is 4.74. The minimum atomic E-state index is -0.287. The van der Waals surface area contributed by atoms with Crippen molar-refractivity contribution < 1.29 is 14.3 Å². The number of esters is 1. The summed E-state index contributed by atoms with van der Waals surface area (Å²) in [5.74, 6) is 7.02. The Labute approximate surface area is 139 Å². The van der Waals surface area contributed by atoms with Crippen LogP contribution >= 0.6 is 11.8 Å². The fourth-order valence-electron chi connectivity index (χ4n) is 1.88. The van der Waals surface area contributed by atoms with Crippen molar-refractivity contribution in [1.82, 2.24) is 14.9 Å². The van der Waals surface area contributed by atoms with E-state index in [4.69, 9.17) is 15.3 Å². The van der Waals surface area contributed by atoms with Gasteiger partial charge in [0, 0.05) is 0 Å². The lowest BCUT2D eigenvalue weighted by atomic mass is 10.2. The third-order valence-corrected chi connectivity index (χ3v) is 4.01. The summed E-state index contributed by atoms with van der Waals surface area (Å²) in [5, 5.41) is 8.55. The number of nitrogens with two attached hydrogens (primary N) is 1. The van der Waals surface area contributed by atoms with Crippen LogP contribution in [0, 0.1) is 0 Å². The minimum absolute atomic E-state index is 0.144. The number of para-hydroxylation sites is 1. The summed E-state index contributed by atoms with van der Waals surface area (Å²) in [5.41, 5.74) is 0.738. The molecule has 0 saturated heterocycles. The van der Waals surface area contributed by atoms with Gasteiger partial charge in [-0.05, 0) is 18.6 Å². The zero-order valence-corrected chi connectivity index (χ0v) is 14.0. The number of aromatic nitrogens is 3. The van der Waals surface area contributed by atoms with Crippen LogP contribution in [0.1, 0.15) is 19.8 Å². The number of rotatable bonds is 8. The third-order valence-electron chi connectivity index (χ3n) is 3.09. The first-order chi connectivity index (χ1) is 11.2. The van der Waals surface area contributed by atoms with Gasteiger partial charge in [0.2, 0.25) is 5.16 Å². The maximum Gasteiger partial charge on any atom is 0.316 e. The molecule has 1 heterocycles. The molecule has 1 aromatic heterocycles. The molecule has 2 rings (SSSR count). The Hall–Kier alpha value is -2.22. The molecule has 0 fully saturated rings. The molecule has 2 aromatic rings. The average molecular weight is 336 g/mol. The van der Waals surface area contributed by atoms with E-state index in [0.29, 0.717) is 23.3 Å². The van der Waals surface area contributed by atoms with E-state index in [1.165, 1.54) is 16.4 Å². The van der Waals surface area contributed by atoms with Crippen molar-refractivity contribution in [2.45, 2.75) is 24.9 Å². The zero-order valence-electron chi connectivity index (χ0n) is 13.2. The molecule has 2 N–H and O–H groups in total. The molecule has 124 valence electrons. The first-order valence-corrected chi connectivity index (χ1v) is 8.28. The van der Waals surface area contributed by atoms with Crippen LogP contribution in [0.25, 0.3) is 11.4 Å². The molecule has 0 aliphatic heterocycles. The molecule has 23 heavy (non-hydrogen) atoms. The van der Waals surface area contributed by atoms with E-state index in [1.807, 2.05) is 31.2 Å². The molecular weight excluding hydrogens is 316 g/mol. The molecule has 8 heteroatoms. The molecule has 0 atom stereocenters. The minimum Gasteiger partial charge on any atom is -0.496 e. The van der Waals surface area contributed by atoms with Gasteiger partial charge >= 0.3 is 5.97 Å². The maximum absolute atomic E-state index is 11.6. The Bertz CT molecular complexity index is 660. The van der Waals surface area contributed by atoms with Crippen molar-refractivity contribution in [3.05, 3.63) is 24.3 Å². The lowest BCUT2D eigenvalue weighted by Gasteiger charge is -2.07. The van der Waals surface area contributed by atoms with Crippen LogP contribution in [0.2, 0.25) is 0 Å². The van der Waals surface area contributed by atoms with Gasteiger partial charge in [0.25, 0.3) is 0 Å². The summed E-state index contributed by atoms with van der Waals surface area (Å²) in [6.45, 7) is 2.48. The molecule has 7 nitrogen and oxygen atoms in total. The van der Waals surface area contributed by atoms with E-state index in [1.54, 1.807) is 7.11 Å². The van der Waals surface area contributed by atoms with Crippen LogP contribution in [-0.2, 0) is 9.53 Å². The molecule has 0 amide bonds. The average Bonchev–Trinajstić information content (AvgIpc) is 2.94. The van der Waals surface area contributed by atoms with E-state index in [2.05, 4.69) is 10.2 Å². The molecule has 0 bridgehead atoms. The Morgan fingerprint density at radius 1 is 1.35 bits per heavy atom. The summed E-state index contributed by atoms with van der Waals surface area (Å²) in [4.78, 5) is 11.6. The lowest BCUT2D eigenvalue weighted by molar-refractivity contribution is -0.140. The van der Waals surface area contributed by atoms with E-state index in [-0.39, 0.29) is 11.7 Å². The SMILES string of the molecule is CCCCOC(=O)CSc1nnc(-c2ccccc2OC)n1N. The standard InChI is InChI=1S/C15H20N4O3S/c1-3-4-9-22-13(20)10-23-15-18-17-14(19(15)16)11-7-5-6-8-12(11)21-2/h5-8H,3-4,9-10,16H2,1-2H3. The van der Waals surface area contributed by atoms with Crippen molar-refractivity contribution >= 4 is 17.7 Å². The number of thioether (sulfide) groups is 1. The summed E-state index contributed by atoms with van der Waals surface area (Å²) >= 11 is 1.19. The quantitative estimate of drug-likeness (QED) is 0.341. The maximum atomic E-state index is 11.6. The number of benzene rings is 1. The van der Waals surface area contributed by atoms with Gasteiger partial charge in [0.05, 0.1) is 25.0 Å². The van der Waals surface area contributed by atoms with Crippen LogP contribution in [0.3, 0.4) is 0 Å². The molecule has 0 aliphatic rings. The Kier molecular flexibility index (Phi) is 6.28. The second-order valence-corrected chi connectivity index (χ2v) is 5.68. The number of carbonyl (C=O) groups excluding carboxylic acids is 1. The van der Waals surface area contributed by atoms with Crippen LogP contribution in [0.4, 0.5) is 0 Å². The van der Waals surface area contributed by atoms with E-state index in [0.717, 1.165) is 18.4 Å². The highest BCUT2D eigenvalue weighted by Crippen LogP contribution is 2.29. The lowest BCUT2D eigenvalue weighted by Crippen LogP contribution is -2.14. The predicted octanol–water partition coefficient (Wildman–Crippen LogP) is 2.10. The van der Waals surface area contributed by atoms with Gasteiger partial charge in [0.15, 0.2) is 5.82 Å². The zero-order chi connectivity index (χ0) is 16.7. The monoisotopic (exact) mass is 336 g/mol. The number of hydrogen-bond acceptors (Lipinski definition) is 7. The largest absolute Gasteiger partial charge is 0.496 e. The Morgan fingerprint density at radius 2 is 2.13 bits per heavy atom. The van der Waals surface area contributed by atoms with Crippen molar-refractivity contribution in [3.8, 4) is 17.1 Å². The smallest absolute Gasteiger partial charge is 0.316 e. The van der Waals surface area contributed by atoms with Crippen LogP contribution in [0.5, 0.6) is 5.75 Å². The number of methoxy groups -OCH3 is 1. The number of nitrogen functional groups attached to an aromatic ring is 1. The molecule has 0 aliphatic carbocycles. The number of hydrogen-bond donors (Lipinski definition) is 1.